The van der Waals surface area contributed by atoms with Crippen molar-refractivity contribution in [2.24, 2.45) is 0 Å². The molecule has 0 heterocycles. The first kappa shape index (κ1) is 14.2. The van der Waals surface area contributed by atoms with Gasteiger partial charge < -0.3 is 10.4 Å². The van der Waals surface area contributed by atoms with E-state index in [-0.39, 0.29) is 17.0 Å². The molecule has 0 unspecified atom stereocenters. The van der Waals surface area contributed by atoms with E-state index in [0.717, 1.165) is 18.2 Å². The summed E-state index contributed by atoms with van der Waals surface area (Å²) in [5, 5.41) is 10.6. The first-order valence-electron chi connectivity index (χ1n) is 4.61. The molecule has 1 rings (SSSR count). The number of phenols is 1. The van der Waals surface area contributed by atoms with Crippen LogP contribution in [-0.4, -0.2) is 23.1 Å². The maximum atomic E-state index is 12.6. The number of anilines is 1. The van der Waals surface area contributed by atoms with E-state index in [2.05, 4.69) is 0 Å². The lowest BCUT2D eigenvalue weighted by molar-refractivity contribution is -0.267. The summed E-state index contributed by atoms with van der Waals surface area (Å²) in [6.45, 7) is 1.40. The maximum absolute atomic E-state index is 12.6. The topological polar surface area (TPSA) is 49.3 Å². The van der Waals surface area contributed by atoms with Crippen LogP contribution >= 0.6 is 0 Å². The SMILES string of the molecule is Cc1cc(NC(=O)C(F)(F)C(F)(F)F)ccc1O. The van der Waals surface area contributed by atoms with Crippen LogP contribution in [0, 0.1) is 6.92 Å². The third kappa shape index (κ3) is 2.69. The fraction of sp³-hybridized carbons (Fsp3) is 0.300. The fourth-order valence-electron chi connectivity index (χ4n) is 1.07. The van der Waals surface area contributed by atoms with Crippen LogP contribution in [-0.2, 0) is 4.79 Å². The van der Waals surface area contributed by atoms with Crippen molar-refractivity contribution in [3.63, 3.8) is 0 Å². The number of rotatable bonds is 2. The summed E-state index contributed by atoms with van der Waals surface area (Å²) in [6, 6.07) is 3.14. The smallest absolute Gasteiger partial charge is 0.463 e. The van der Waals surface area contributed by atoms with Gasteiger partial charge in [-0.2, -0.15) is 22.0 Å². The lowest BCUT2D eigenvalue weighted by atomic mass is 10.2. The van der Waals surface area contributed by atoms with Gasteiger partial charge >= 0.3 is 18.0 Å². The van der Waals surface area contributed by atoms with Gasteiger partial charge in [-0.05, 0) is 30.7 Å². The van der Waals surface area contributed by atoms with Crippen molar-refractivity contribution in [2.75, 3.05) is 5.32 Å². The molecular weight excluding hydrogens is 261 g/mol. The molecule has 8 heteroatoms. The summed E-state index contributed by atoms with van der Waals surface area (Å²) >= 11 is 0. The van der Waals surface area contributed by atoms with Crippen molar-refractivity contribution in [1.29, 1.82) is 0 Å². The second-order valence-electron chi connectivity index (χ2n) is 3.53. The summed E-state index contributed by atoms with van der Waals surface area (Å²) in [7, 11) is 0. The minimum absolute atomic E-state index is 0.171. The highest BCUT2D eigenvalue weighted by Gasteiger charge is 2.63. The zero-order chi connectivity index (χ0) is 14.1. The van der Waals surface area contributed by atoms with Crippen LogP contribution in [0.4, 0.5) is 27.6 Å². The van der Waals surface area contributed by atoms with Gasteiger partial charge in [0, 0.05) is 5.69 Å². The van der Waals surface area contributed by atoms with Crippen LogP contribution < -0.4 is 5.32 Å². The number of amides is 1. The number of aryl methyl sites for hydroxylation is 1. The Bertz CT molecular complexity index is 470. The molecule has 0 radical (unpaired) electrons. The molecule has 0 spiro atoms. The molecular formula is C10H8F5NO2. The molecule has 1 aromatic rings. The highest BCUT2D eigenvalue weighted by Crippen LogP contribution is 2.36. The summed E-state index contributed by atoms with van der Waals surface area (Å²) in [6.07, 6.45) is -5.96. The quantitative estimate of drug-likeness (QED) is 0.640. The number of carbonyl (C=O) groups is 1. The van der Waals surface area contributed by atoms with E-state index in [1.54, 1.807) is 0 Å². The Labute approximate surface area is 98.2 Å². The highest BCUT2D eigenvalue weighted by atomic mass is 19.4. The Kier molecular flexibility index (Phi) is 3.50. The number of carbonyl (C=O) groups excluding carboxylic acids is 1. The summed E-state index contributed by atoms with van der Waals surface area (Å²) < 4.78 is 60.8. The van der Waals surface area contributed by atoms with Gasteiger partial charge in [0.25, 0.3) is 0 Å². The van der Waals surface area contributed by atoms with Crippen LogP contribution in [0.3, 0.4) is 0 Å². The Hall–Kier alpha value is -1.86. The normalized spacial score (nSPS) is 12.3. The van der Waals surface area contributed by atoms with E-state index in [1.807, 2.05) is 0 Å². The molecule has 0 atom stereocenters. The molecule has 0 bridgehead atoms. The Morgan fingerprint density at radius 2 is 1.78 bits per heavy atom. The Morgan fingerprint density at radius 3 is 2.22 bits per heavy atom. The standard InChI is InChI=1S/C10H8F5NO2/c1-5-4-6(2-3-7(5)17)16-8(18)9(11,12)10(13,14)15/h2-4,17H,1H3,(H,16,18). The van der Waals surface area contributed by atoms with Crippen LogP contribution in [0.2, 0.25) is 0 Å². The summed E-state index contributed by atoms with van der Waals surface area (Å²) in [5.74, 6) is -8.12. The number of alkyl halides is 5. The van der Waals surface area contributed by atoms with Gasteiger partial charge in [-0.25, -0.2) is 0 Å². The number of phenolic OH excluding ortho intramolecular Hbond substituents is 1. The molecule has 0 saturated heterocycles. The molecule has 0 saturated carbocycles. The minimum Gasteiger partial charge on any atom is -0.508 e. The van der Waals surface area contributed by atoms with Crippen molar-refractivity contribution in [3.05, 3.63) is 23.8 Å². The van der Waals surface area contributed by atoms with E-state index in [4.69, 9.17) is 5.11 Å². The number of hydrogen-bond donors (Lipinski definition) is 2. The van der Waals surface area contributed by atoms with Crippen LogP contribution in [0.25, 0.3) is 0 Å². The van der Waals surface area contributed by atoms with Crippen LogP contribution in [0.1, 0.15) is 5.56 Å². The molecule has 0 aromatic heterocycles. The number of benzene rings is 1. The molecule has 3 nitrogen and oxygen atoms in total. The number of halogens is 5. The Balaban J connectivity index is 2.91. The van der Waals surface area contributed by atoms with Gasteiger partial charge in [0.2, 0.25) is 0 Å². The predicted octanol–water partition coefficient (Wildman–Crippen LogP) is 2.84. The van der Waals surface area contributed by atoms with Gasteiger partial charge in [0.1, 0.15) is 5.75 Å². The predicted molar refractivity (Wildman–Crippen MR) is 52.5 cm³/mol. The average Bonchev–Trinajstić information content (AvgIpc) is 2.21. The molecule has 1 aromatic carbocycles. The molecule has 0 aliphatic heterocycles. The first-order valence-corrected chi connectivity index (χ1v) is 4.61. The number of nitrogens with one attached hydrogen (secondary N) is 1. The molecule has 1 amide bonds. The molecule has 0 fully saturated rings. The van der Waals surface area contributed by atoms with E-state index in [0.29, 0.717) is 0 Å². The summed E-state index contributed by atoms with van der Waals surface area (Å²) in [5.41, 5.74) is -0.0395. The number of aromatic hydroxyl groups is 1. The Morgan fingerprint density at radius 1 is 1.22 bits per heavy atom. The second-order valence-corrected chi connectivity index (χ2v) is 3.53. The zero-order valence-corrected chi connectivity index (χ0v) is 8.98. The van der Waals surface area contributed by atoms with E-state index in [9.17, 15) is 26.7 Å². The van der Waals surface area contributed by atoms with Crippen molar-refractivity contribution in [1.82, 2.24) is 0 Å². The molecule has 18 heavy (non-hydrogen) atoms. The average molecular weight is 269 g/mol. The third-order valence-corrected chi connectivity index (χ3v) is 2.10. The highest BCUT2D eigenvalue weighted by molar-refractivity contribution is 5.96. The minimum atomic E-state index is -5.96. The molecule has 0 aliphatic carbocycles. The van der Waals surface area contributed by atoms with Gasteiger partial charge in [-0.1, -0.05) is 0 Å². The lowest BCUT2D eigenvalue weighted by Gasteiger charge is -2.18. The largest absolute Gasteiger partial charge is 0.508 e. The van der Waals surface area contributed by atoms with Crippen molar-refractivity contribution < 1.29 is 31.9 Å². The molecule has 100 valence electrons. The lowest BCUT2D eigenvalue weighted by Crippen LogP contribution is -2.47. The van der Waals surface area contributed by atoms with Crippen molar-refractivity contribution >= 4 is 11.6 Å². The van der Waals surface area contributed by atoms with E-state index in [1.165, 1.54) is 12.2 Å². The summed E-state index contributed by atoms with van der Waals surface area (Å²) in [4.78, 5) is 10.8. The monoisotopic (exact) mass is 269 g/mol. The first-order chi connectivity index (χ1) is 8.05. The maximum Gasteiger partial charge on any atom is 0.463 e. The van der Waals surface area contributed by atoms with Crippen molar-refractivity contribution in [3.8, 4) is 5.75 Å². The van der Waals surface area contributed by atoms with Crippen LogP contribution in [0.5, 0.6) is 5.75 Å². The van der Waals surface area contributed by atoms with Crippen molar-refractivity contribution in [2.45, 2.75) is 19.0 Å². The van der Waals surface area contributed by atoms with Gasteiger partial charge in [0.05, 0.1) is 0 Å². The van der Waals surface area contributed by atoms with Gasteiger partial charge in [0.15, 0.2) is 0 Å². The fourth-order valence-corrected chi connectivity index (χ4v) is 1.07. The van der Waals surface area contributed by atoms with Gasteiger partial charge in [-0.15, -0.1) is 0 Å². The second kappa shape index (κ2) is 4.43. The molecule has 2 N–H and O–H groups in total. The van der Waals surface area contributed by atoms with E-state index >= 15 is 0 Å². The third-order valence-electron chi connectivity index (χ3n) is 2.10. The number of hydrogen-bond acceptors (Lipinski definition) is 2. The van der Waals surface area contributed by atoms with E-state index < -0.39 is 18.0 Å². The van der Waals surface area contributed by atoms with Crippen LogP contribution in [0.15, 0.2) is 18.2 Å². The van der Waals surface area contributed by atoms with Gasteiger partial charge in [-0.3, -0.25) is 4.79 Å². The molecule has 0 aliphatic rings. The zero-order valence-electron chi connectivity index (χ0n) is 8.98.